The first-order valence-corrected chi connectivity index (χ1v) is 9.34. The Bertz CT molecular complexity index is 753. The lowest BCUT2D eigenvalue weighted by atomic mass is 10.1. The fourth-order valence-electron chi connectivity index (χ4n) is 2.87. The number of nitrogens with one attached hydrogen (secondary N) is 1. The minimum Gasteiger partial charge on any atom is -0.490 e. The Balaban J connectivity index is 2.00. The number of carbonyl (C=O) groups is 1. The average Bonchev–Trinajstić information content (AvgIpc) is 2.63. The average molecular weight is 371 g/mol. The summed E-state index contributed by atoms with van der Waals surface area (Å²) in [5.41, 5.74) is 2.98. The van der Waals surface area contributed by atoms with Crippen molar-refractivity contribution in [3.63, 3.8) is 0 Å². The molecule has 0 bridgehead atoms. The predicted octanol–water partition coefficient (Wildman–Crippen LogP) is 4.36. The fraction of sp³-hybridized carbons (Fsp3) is 0.409. The van der Waals surface area contributed by atoms with E-state index in [4.69, 9.17) is 14.2 Å². The number of hydrogen-bond acceptors (Lipinski definition) is 4. The van der Waals surface area contributed by atoms with Gasteiger partial charge in [-0.05, 0) is 63.4 Å². The SMILES string of the molecule is CCOc1ccc(C(C)NC(=O)COc2c(C)cccc2C)cc1OCC. The molecule has 1 atom stereocenters. The zero-order valence-electron chi connectivity index (χ0n) is 16.8. The molecular formula is C22H29NO4. The lowest BCUT2D eigenvalue weighted by Crippen LogP contribution is -2.31. The molecular weight excluding hydrogens is 342 g/mol. The van der Waals surface area contributed by atoms with Crippen molar-refractivity contribution in [2.24, 2.45) is 0 Å². The van der Waals surface area contributed by atoms with Gasteiger partial charge in [0.1, 0.15) is 5.75 Å². The summed E-state index contributed by atoms with van der Waals surface area (Å²) in [5, 5.41) is 2.97. The molecule has 0 aliphatic rings. The number of ether oxygens (including phenoxy) is 3. The maximum absolute atomic E-state index is 12.3. The molecule has 1 unspecified atom stereocenters. The normalized spacial score (nSPS) is 11.6. The third-order valence-electron chi connectivity index (χ3n) is 4.20. The van der Waals surface area contributed by atoms with Crippen LogP contribution in [0, 0.1) is 13.8 Å². The minimum atomic E-state index is -0.172. The van der Waals surface area contributed by atoms with Gasteiger partial charge in [0.25, 0.3) is 5.91 Å². The van der Waals surface area contributed by atoms with E-state index in [2.05, 4.69) is 5.32 Å². The van der Waals surface area contributed by atoms with Crippen molar-refractivity contribution in [3.05, 3.63) is 53.1 Å². The van der Waals surface area contributed by atoms with Crippen molar-refractivity contribution < 1.29 is 19.0 Å². The molecule has 2 rings (SSSR count). The van der Waals surface area contributed by atoms with Gasteiger partial charge in [-0.1, -0.05) is 24.3 Å². The number of amides is 1. The van der Waals surface area contributed by atoms with E-state index >= 15 is 0 Å². The molecule has 2 aromatic rings. The monoisotopic (exact) mass is 371 g/mol. The molecule has 0 aliphatic heterocycles. The molecule has 0 aromatic heterocycles. The lowest BCUT2D eigenvalue weighted by Gasteiger charge is -2.18. The zero-order valence-corrected chi connectivity index (χ0v) is 16.8. The Labute approximate surface area is 161 Å². The second kappa shape index (κ2) is 9.86. The Morgan fingerprint density at radius 2 is 1.59 bits per heavy atom. The first-order chi connectivity index (χ1) is 13.0. The molecule has 5 heteroatoms. The van der Waals surface area contributed by atoms with Crippen LogP contribution in [0.3, 0.4) is 0 Å². The molecule has 0 saturated carbocycles. The third-order valence-corrected chi connectivity index (χ3v) is 4.20. The van der Waals surface area contributed by atoms with Crippen LogP contribution in [0.4, 0.5) is 0 Å². The van der Waals surface area contributed by atoms with Crippen LogP contribution in [0.25, 0.3) is 0 Å². The van der Waals surface area contributed by atoms with Crippen molar-refractivity contribution in [1.82, 2.24) is 5.32 Å². The van der Waals surface area contributed by atoms with E-state index in [0.29, 0.717) is 24.7 Å². The third kappa shape index (κ3) is 5.64. The van der Waals surface area contributed by atoms with Crippen LogP contribution in [0.2, 0.25) is 0 Å². The number of carbonyl (C=O) groups excluding carboxylic acids is 1. The van der Waals surface area contributed by atoms with Crippen molar-refractivity contribution in [3.8, 4) is 17.2 Å². The van der Waals surface area contributed by atoms with E-state index < -0.39 is 0 Å². The number of para-hydroxylation sites is 1. The minimum absolute atomic E-state index is 0.0224. The van der Waals surface area contributed by atoms with E-state index in [1.165, 1.54) is 0 Å². The van der Waals surface area contributed by atoms with Crippen LogP contribution >= 0.6 is 0 Å². The second-order valence-corrected chi connectivity index (χ2v) is 6.37. The Morgan fingerprint density at radius 1 is 0.963 bits per heavy atom. The van der Waals surface area contributed by atoms with Crippen LogP contribution in [-0.2, 0) is 4.79 Å². The first kappa shape index (κ1) is 20.6. The van der Waals surface area contributed by atoms with Gasteiger partial charge in [-0.25, -0.2) is 0 Å². The van der Waals surface area contributed by atoms with Gasteiger partial charge in [0, 0.05) is 0 Å². The summed E-state index contributed by atoms with van der Waals surface area (Å²) < 4.78 is 17.0. The summed E-state index contributed by atoms with van der Waals surface area (Å²) >= 11 is 0. The van der Waals surface area contributed by atoms with E-state index in [9.17, 15) is 4.79 Å². The van der Waals surface area contributed by atoms with Gasteiger partial charge in [0.2, 0.25) is 0 Å². The summed E-state index contributed by atoms with van der Waals surface area (Å²) in [6, 6.07) is 11.5. The van der Waals surface area contributed by atoms with Gasteiger partial charge in [-0.3, -0.25) is 4.79 Å². The Kier molecular flexibility index (Phi) is 7.53. The van der Waals surface area contributed by atoms with E-state index in [1.807, 2.05) is 71.0 Å². The quantitative estimate of drug-likeness (QED) is 0.712. The molecule has 0 saturated heterocycles. The van der Waals surface area contributed by atoms with Crippen LogP contribution in [0.5, 0.6) is 17.2 Å². The van der Waals surface area contributed by atoms with Gasteiger partial charge in [-0.15, -0.1) is 0 Å². The number of aryl methyl sites for hydroxylation is 2. The Morgan fingerprint density at radius 3 is 2.22 bits per heavy atom. The topological polar surface area (TPSA) is 56.8 Å². The van der Waals surface area contributed by atoms with E-state index in [0.717, 1.165) is 22.4 Å². The van der Waals surface area contributed by atoms with E-state index in [-0.39, 0.29) is 18.6 Å². The van der Waals surface area contributed by atoms with Gasteiger partial charge >= 0.3 is 0 Å². The number of rotatable bonds is 9. The maximum atomic E-state index is 12.3. The van der Waals surface area contributed by atoms with Gasteiger partial charge in [0.15, 0.2) is 18.1 Å². The number of benzene rings is 2. The highest BCUT2D eigenvalue weighted by molar-refractivity contribution is 5.78. The molecule has 0 aliphatic carbocycles. The smallest absolute Gasteiger partial charge is 0.258 e. The molecule has 2 aromatic carbocycles. The van der Waals surface area contributed by atoms with Crippen molar-refractivity contribution in [2.75, 3.05) is 19.8 Å². The molecule has 27 heavy (non-hydrogen) atoms. The van der Waals surface area contributed by atoms with Crippen molar-refractivity contribution in [2.45, 2.75) is 40.7 Å². The van der Waals surface area contributed by atoms with Crippen LogP contribution < -0.4 is 19.5 Å². The summed E-state index contributed by atoms with van der Waals surface area (Å²) in [7, 11) is 0. The maximum Gasteiger partial charge on any atom is 0.258 e. The fourth-order valence-corrected chi connectivity index (χ4v) is 2.87. The first-order valence-electron chi connectivity index (χ1n) is 9.34. The molecule has 1 N–H and O–H groups in total. The summed E-state index contributed by atoms with van der Waals surface area (Å²) in [5.74, 6) is 1.99. The molecule has 0 radical (unpaired) electrons. The van der Waals surface area contributed by atoms with Gasteiger partial charge < -0.3 is 19.5 Å². The molecule has 0 heterocycles. The van der Waals surface area contributed by atoms with Gasteiger partial charge in [0.05, 0.1) is 19.3 Å². The highest BCUT2D eigenvalue weighted by Gasteiger charge is 2.14. The van der Waals surface area contributed by atoms with E-state index in [1.54, 1.807) is 0 Å². The highest BCUT2D eigenvalue weighted by Crippen LogP contribution is 2.30. The molecule has 0 spiro atoms. The second-order valence-electron chi connectivity index (χ2n) is 6.37. The molecule has 0 fully saturated rings. The van der Waals surface area contributed by atoms with Crippen LogP contribution in [0.15, 0.2) is 36.4 Å². The predicted molar refractivity (Wildman–Crippen MR) is 107 cm³/mol. The number of hydrogen-bond donors (Lipinski definition) is 1. The summed E-state index contributed by atoms with van der Waals surface area (Å²) in [4.78, 5) is 12.3. The summed E-state index contributed by atoms with van der Waals surface area (Å²) in [6.45, 7) is 10.8. The molecule has 1 amide bonds. The van der Waals surface area contributed by atoms with Crippen LogP contribution in [0.1, 0.15) is 43.5 Å². The lowest BCUT2D eigenvalue weighted by molar-refractivity contribution is -0.123. The van der Waals surface area contributed by atoms with Crippen molar-refractivity contribution >= 4 is 5.91 Å². The standard InChI is InChI=1S/C22H29NO4/c1-6-25-19-12-11-18(13-20(19)26-7-2)17(5)23-21(24)14-27-22-15(3)9-8-10-16(22)4/h8-13,17H,6-7,14H2,1-5H3,(H,23,24). The molecule has 5 nitrogen and oxygen atoms in total. The highest BCUT2D eigenvalue weighted by atomic mass is 16.5. The van der Waals surface area contributed by atoms with Crippen molar-refractivity contribution in [1.29, 1.82) is 0 Å². The molecule has 146 valence electrons. The van der Waals surface area contributed by atoms with Gasteiger partial charge in [-0.2, -0.15) is 0 Å². The summed E-state index contributed by atoms with van der Waals surface area (Å²) in [6.07, 6.45) is 0. The Hall–Kier alpha value is -2.69. The zero-order chi connectivity index (χ0) is 19.8. The van der Waals surface area contributed by atoms with Crippen LogP contribution in [-0.4, -0.2) is 25.7 Å². The largest absolute Gasteiger partial charge is 0.490 e.